The predicted molar refractivity (Wildman–Crippen MR) is 75.7 cm³/mol. The lowest BCUT2D eigenvalue weighted by atomic mass is 10.2. The van der Waals surface area contributed by atoms with Gasteiger partial charge in [0.1, 0.15) is 17.0 Å². The van der Waals surface area contributed by atoms with Gasteiger partial charge in [0.2, 0.25) is 0 Å². The molecule has 1 aromatic carbocycles. The number of carbonyl (C=O) groups excluding carboxylic acids is 1. The molecule has 0 atom stereocenters. The Morgan fingerprint density at radius 1 is 1.33 bits per heavy atom. The van der Waals surface area contributed by atoms with Crippen molar-refractivity contribution >= 4 is 22.5 Å². The van der Waals surface area contributed by atoms with Crippen LogP contribution in [0.25, 0.3) is 10.9 Å². The van der Waals surface area contributed by atoms with E-state index < -0.39 is 11.7 Å². The van der Waals surface area contributed by atoms with Crippen LogP contribution in [0.1, 0.15) is 10.5 Å². The lowest BCUT2D eigenvalue weighted by Gasteiger charge is -2.04. The van der Waals surface area contributed by atoms with Crippen molar-refractivity contribution in [1.82, 2.24) is 14.8 Å². The van der Waals surface area contributed by atoms with Gasteiger partial charge in [0.05, 0.1) is 0 Å². The molecular formula is C14H11FN4O2. The predicted octanol–water partition coefficient (Wildman–Crippen LogP) is 1.65. The number of carbonyl (C=O) groups is 1. The summed E-state index contributed by atoms with van der Waals surface area (Å²) >= 11 is 0. The first-order chi connectivity index (χ1) is 10.1. The number of aromatic nitrogens is 3. The molecule has 2 heterocycles. The molecule has 0 spiro atoms. The molecule has 0 radical (unpaired) electrons. The highest BCUT2D eigenvalue weighted by Crippen LogP contribution is 2.19. The van der Waals surface area contributed by atoms with Crippen LogP contribution in [-0.2, 0) is 7.05 Å². The molecule has 0 aliphatic carbocycles. The fourth-order valence-corrected chi connectivity index (χ4v) is 2.05. The molecule has 0 aliphatic heterocycles. The summed E-state index contributed by atoms with van der Waals surface area (Å²) < 4.78 is 14.9. The van der Waals surface area contributed by atoms with E-state index in [0.717, 1.165) is 0 Å². The average Bonchev–Trinajstić information content (AvgIpc) is 2.89. The Morgan fingerprint density at radius 2 is 2.14 bits per heavy atom. The van der Waals surface area contributed by atoms with Crippen molar-refractivity contribution in [2.24, 2.45) is 7.05 Å². The summed E-state index contributed by atoms with van der Waals surface area (Å²) in [6.45, 7) is 0. The molecule has 0 bridgehead atoms. The van der Waals surface area contributed by atoms with E-state index in [2.05, 4.69) is 15.5 Å². The first-order valence-corrected chi connectivity index (χ1v) is 6.17. The number of amides is 1. The molecule has 0 saturated heterocycles. The number of fused-ring (bicyclic) bond motifs is 1. The number of rotatable bonds is 2. The molecule has 0 unspecified atom stereocenters. The van der Waals surface area contributed by atoms with Crippen LogP contribution < -0.4 is 10.9 Å². The van der Waals surface area contributed by atoms with Crippen molar-refractivity contribution in [3.05, 3.63) is 58.4 Å². The molecule has 7 heteroatoms. The Bertz CT molecular complexity index is 897. The first-order valence-electron chi connectivity index (χ1n) is 6.17. The molecular weight excluding hydrogens is 275 g/mol. The number of hydrogen-bond donors (Lipinski definition) is 2. The Kier molecular flexibility index (Phi) is 3.02. The van der Waals surface area contributed by atoms with E-state index >= 15 is 0 Å². The van der Waals surface area contributed by atoms with E-state index in [4.69, 9.17) is 0 Å². The van der Waals surface area contributed by atoms with E-state index in [1.165, 1.54) is 22.8 Å². The molecule has 21 heavy (non-hydrogen) atoms. The van der Waals surface area contributed by atoms with Crippen LogP contribution >= 0.6 is 0 Å². The van der Waals surface area contributed by atoms with Gasteiger partial charge >= 0.3 is 0 Å². The van der Waals surface area contributed by atoms with E-state index in [0.29, 0.717) is 5.39 Å². The van der Waals surface area contributed by atoms with Crippen LogP contribution in [0.2, 0.25) is 0 Å². The molecule has 0 saturated carbocycles. The maximum Gasteiger partial charge on any atom is 0.276 e. The van der Waals surface area contributed by atoms with E-state index in [1.807, 2.05) is 0 Å². The highest BCUT2D eigenvalue weighted by molar-refractivity contribution is 6.11. The lowest BCUT2D eigenvalue weighted by molar-refractivity contribution is 0.102. The standard InChI is InChI=1S/C14H11FN4O2/c1-19-7-3-6-10(14(19)21)16-13(20)12-8-4-2-5-9(15)11(8)17-18-12/h2-7H,1H3,(H,16,20)(H,17,18). The topological polar surface area (TPSA) is 79.8 Å². The third-order valence-corrected chi connectivity index (χ3v) is 3.13. The highest BCUT2D eigenvalue weighted by atomic mass is 19.1. The maximum absolute atomic E-state index is 13.6. The molecule has 2 N–H and O–H groups in total. The average molecular weight is 286 g/mol. The van der Waals surface area contributed by atoms with Crippen molar-refractivity contribution in [2.75, 3.05) is 5.32 Å². The number of benzene rings is 1. The van der Waals surface area contributed by atoms with Gasteiger partial charge in [-0.05, 0) is 18.2 Å². The second kappa shape index (κ2) is 4.86. The van der Waals surface area contributed by atoms with Gasteiger partial charge in [-0.3, -0.25) is 14.7 Å². The first kappa shape index (κ1) is 13.0. The Hall–Kier alpha value is -2.96. The van der Waals surface area contributed by atoms with Crippen LogP contribution in [0.4, 0.5) is 10.1 Å². The minimum Gasteiger partial charge on any atom is -0.317 e. The second-order valence-electron chi connectivity index (χ2n) is 4.53. The molecule has 3 aromatic rings. The zero-order valence-electron chi connectivity index (χ0n) is 11.1. The number of nitrogens with zero attached hydrogens (tertiary/aromatic N) is 2. The van der Waals surface area contributed by atoms with Crippen molar-refractivity contribution in [3.8, 4) is 0 Å². The largest absolute Gasteiger partial charge is 0.317 e. The number of anilines is 1. The van der Waals surface area contributed by atoms with Crippen molar-refractivity contribution < 1.29 is 9.18 Å². The van der Waals surface area contributed by atoms with E-state index in [1.54, 1.807) is 25.4 Å². The van der Waals surface area contributed by atoms with Gasteiger partial charge in [-0.2, -0.15) is 5.10 Å². The number of hydrogen-bond acceptors (Lipinski definition) is 3. The van der Waals surface area contributed by atoms with Gasteiger partial charge in [-0.25, -0.2) is 4.39 Å². The Morgan fingerprint density at radius 3 is 2.95 bits per heavy atom. The summed E-state index contributed by atoms with van der Waals surface area (Å²) in [4.78, 5) is 24.1. The number of nitrogens with one attached hydrogen (secondary N) is 2. The van der Waals surface area contributed by atoms with Crippen LogP contribution in [0.5, 0.6) is 0 Å². The molecule has 3 rings (SSSR count). The van der Waals surface area contributed by atoms with Gasteiger partial charge < -0.3 is 9.88 Å². The van der Waals surface area contributed by atoms with E-state index in [-0.39, 0.29) is 22.5 Å². The van der Waals surface area contributed by atoms with Crippen LogP contribution in [-0.4, -0.2) is 20.7 Å². The van der Waals surface area contributed by atoms with Gasteiger partial charge in [-0.15, -0.1) is 0 Å². The maximum atomic E-state index is 13.6. The number of aryl methyl sites for hydroxylation is 1. The van der Waals surface area contributed by atoms with Crippen molar-refractivity contribution in [2.45, 2.75) is 0 Å². The molecule has 1 amide bonds. The molecule has 6 nitrogen and oxygen atoms in total. The van der Waals surface area contributed by atoms with E-state index in [9.17, 15) is 14.0 Å². The fraction of sp³-hybridized carbons (Fsp3) is 0.0714. The smallest absolute Gasteiger partial charge is 0.276 e. The molecule has 0 fully saturated rings. The Labute approximate surface area is 118 Å². The van der Waals surface area contributed by atoms with Gasteiger partial charge in [-0.1, -0.05) is 12.1 Å². The summed E-state index contributed by atoms with van der Waals surface area (Å²) in [7, 11) is 1.58. The summed E-state index contributed by atoms with van der Waals surface area (Å²) in [5.74, 6) is -1.06. The lowest BCUT2D eigenvalue weighted by Crippen LogP contribution is -2.23. The van der Waals surface area contributed by atoms with Gasteiger partial charge in [0.15, 0.2) is 5.69 Å². The summed E-state index contributed by atoms with van der Waals surface area (Å²) in [6, 6.07) is 7.48. The molecule has 106 valence electrons. The van der Waals surface area contributed by atoms with Gasteiger partial charge in [0.25, 0.3) is 11.5 Å². The van der Waals surface area contributed by atoms with Crippen LogP contribution in [0.3, 0.4) is 0 Å². The van der Waals surface area contributed by atoms with Crippen LogP contribution in [0, 0.1) is 5.82 Å². The monoisotopic (exact) mass is 286 g/mol. The number of aromatic amines is 1. The number of para-hydroxylation sites is 1. The minimum absolute atomic E-state index is 0.0374. The van der Waals surface area contributed by atoms with Crippen molar-refractivity contribution in [1.29, 1.82) is 0 Å². The quantitative estimate of drug-likeness (QED) is 0.751. The van der Waals surface area contributed by atoms with Crippen molar-refractivity contribution in [3.63, 3.8) is 0 Å². The summed E-state index contributed by atoms with van der Waals surface area (Å²) in [6.07, 6.45) is 1.58. The minimum atomic E-state index is -0.574. The summed E-state index contributed by atoms with van der Waals surface area (Å²) in [5.41, 5.74) is -0.00607. The fourth-order valence-electron chi connectivity index (χ4n) is 2.05. The molecule has 2 aromatic heterocycles. The zero-order chi connectivity index (χ0) is 15.0. The summed E-state index contributed by atoms with van der Waals surface area (Å²) in [5, 5.41) is 9.15. The third kappa shape index (κ3) is 2.18. The van der Waals surface area contributed by atoms with Gasteiger partial charge in [0, 0.05) is 18.6 Å². The van der Waals surface area contributed by atoms with Crippen LogP contribution in [0.15, 0.2) is 41.3 Å². The zero-order valence-corrected chi connectivity index (χ0v) is 11.1. The second-order valence-corrected chi connectivity index (χ2v) is 4.53. The molecule has 0 aliphatic rings. The number of pyridine rings is 1. The number of halogens is 1. The SMILES string of the molecule is Cn1cccc(NC(=O)c2n[nH]c3c(F)cccc23)c1=O. The third-order valence-electron chi connectivity index (χ3n) is 3.13. The normalized spacial score (nSPS) is 10.8. The highest BCUT2D eigenvalue weighted by Gasteiger charge is 2.17. The number of H-pyrrole nitrogens is 1. The Balaban J connectivity index is 2.00.